The molecule has 31 heavy (non-hydrogen) atoms. The van der Waals surface area contributed by atoms with Gasteiger partial charge < -0.3 is 9.63 Å². The van der Waals surface area contributed by atoms with Crippen molar-refractivity contribution in [2.75, 3.05) is 0 Å². The van der Waals surface area contributed by atoms with Crippen LogP contribution in [0.2, 0.25) is 0 Å². The molecule has 0 radical (unpaired) electrons. The highest BCUT2D eigenvalue weighted by atomic mass is 32.2. The monoisotopic (exact) mass is 451 g/mol. The Balaban J connectivity index is 1.59. The Morgan fingerprint density at radius 1 is 1.23 bits per heavy atom. The molecule has 0 spiro atoms. The summed E-state index contributed by atoms with van der Waals surface area (Å²) in [6, 6.07) is 4.86. The van der Waals surface area contributed by atoms with Gasteiger partial charge in [0.15, 0.2) is 11.0 Å². The maximum absolute atomic E-state index is 13.0. The van der Waals surface area contributed by atoms with Crippen molar-refractivity contribution in [2.45, 2.75) is 68.6 Å². The number of rotatable bonds is 10. The number of nitrogens with one attached hydrogen (secondary N) is 1. The SMILES string of the molecule is O=C(O)CC(CCCC1CCCCC1)c1nc(C(=O)NS(=O)c2ccc(F)cc2)no1. The van der Waals surface area contributed by atoms with Gasteiger partial charge in [0, 0.05) is 5.92 Å². The van der Waals surface area contributed by atoms with Crippen molar-refractivity contribution in [2.24, 2.45) is 5.92 Å². The van der Waals surface area contributed by atoms with Gasteiger partial charge in [-0.3, -0.25) is 14.3 Å². The zero-order valence-corrected chi connectivity index (χ0v) is 17.9. The number of benzene rings is 1. The predicted octanol–water partition coefficient (Wildman–Crippen LogP) is 3.97. The van der Waals surface area contributed by atoms with E-state index in [4.69, 9.17) is 4.52 Å². The van der Waals surface area contributed by atoms with E-state index in [2.05, 4.69) is 14.9 Å². The van der Waals surface area contributed by atoms with Crippen LogP contribution in [0.4, 0.5) is 4.39 Å². The van der Waals surface area contributed by atoms with Crippen LogP contribution < -0.4 is 4.72 Å². The van der Waals surface area contributed by atoms with Gasteiger partial charge in [-0.25, -0.2) is 8.60 Å². The number of nitrogens with zero attached hydrogens (tertiary/aromatic N) is 2. The maximum atomic E-state index is 13.0. The Labute approximate surface area is 182 Å². The van der Waals surface area contributed by atoms with Crippen LogP contribution in [-0.4, -0.2) is 31.3 Å². The molecule has 3 rings (SSSR count). The first-order chi connectivity index (χ1) is 14.9. The van der Waals surface area contributed by atoms with E-state index in [0.717, 1.165) is 25.0 Å². The third kappa shape index (κ3) is 6.95. The van der Waals surface area contributed by atoms with E-state index >= 15 is 0 Å². The zero-order valence-electron chi connectivity index (χ0n) is 17.1. The molecule has 2 atom stereocenters. The van der Waals surface area contributed by atoms with Gasteiger partial charge in [0.05, 0.1) is 11.3 Å². The highest BCUT2D eigenvalue weighted by Gasteiger charge is 2.25. The van der Waals surface area contributed by atoms with Gasteiger partial charge in [-0.05, 0) is 36.6 Å². The van der Waals surface area contributed by atoms with Crippen molar-refractivity contribution in [3.8, 4) is 0 Å². The van der Waals surface area contributed by atoms with Gasteiger partial charge in [0.1, 0.15) is 5.82 Å². The highest BCUT2D eigenvalue weighted by molar-refractivity contribution is 7.83. The molecule has 2 N–H and O–H groups in total. The molecule has 0 saturated heterocycles. The molecule has 10 heteroatoms. The van der Waals surface area contributed by atoms with E-state index in [1.807, 2.05) is 0 Å². The van der Waals surface area contributed by atoms with Crippen LogP contribution in [0.25, 0.3) is 0 Å². The summed E-state index contributed by atoms with van der Waals surface area (Å²) in [4.78, 5) is 27.8. The molecule has 168 valence electrons. The van der Waals surface area contributed by atoms with E-state index in [0.29, 0.717) is 12.3 Å². The van der Waals surface area contributed by atoms with Crippen LogP contribution in [0.5, 0.6) is 0 Å². The fourth-order valence-electron chi connectivity index (χ4n) is 3.89. The quantitative estimate of drug-likeness (QED) is 0.560. The molecule has 1 aromatic carbocycles. The second kappa shape index (κ2) is 11.1. The molecule has 1 aliphatic carbocycles. The highest BCUT2D eigenvalue weighted by Crippen LogP contribution is 2.31. The number of hydrogen-bond donors (Lipinski definition) is 2. The van der Waals surface area contributed by atoms with Gasteiger partial charge in [0.25, 0.3) is 5.82 Å². The maximum Gasteiger partial charge on any atom is 0.304 e. The number of aromatic nitrogens is 2. The molecule has 0 aliphatic heterocycles. The minimum atomic E-state index is -1.92. The van der Waals surface area contributed by atoms with E-state index in [9.17, 15) is 23.3 Å². The van der Waals surface area contributed by atoms with Gasteiger partial charge in [-0.15, -0.1) is 0 Å². The summed E-state index contributed by atoms with van der Waals surface area (Å²) in [5.41, 5.74) is 0. The summed E-state index contributed by atoms with van der Waals surface area (Å²) in [6.45, 7) is 0. The average molecular weight is 452 g/mol. The second-order valence-corrected chi connectivity index (χ2v) is 9.05. The summed E-state index contributed by atoms with van der Waals surface area (Å²) < 4.78 is 32.6. The molecule has 1 saturated carbocycles. The number of hydrogen-bond acceptors (Lipinski definition) is 6. The Bertz CT molecular complexity index is 912. The van der Waals surface area contributed by atoms with E-state index in [1.165, 1.54) is 44.2 Å². The van der Waals surface area contributed by atoms with Crippen LogP contribution in [0.15, 0.2) is 33.7 Å². The molecule has 1 heterocycles. The average Bonchev–Trinajstić information content (AvgIpc) is 3.24. The van der Waals surface area contributed by atoms with Crippen LogP contribution in [-0.2, 0) is 15.8 Å². The minimum Gasteiger partial charge on any atom is -0.481 e. The van der Waals surface area contributed by atoms with Crippen LogP contribution in [0.1, 0.15) is 80.2 Å². The molecular weight excluding hydrogens is 425 g/mol. The van der Waals surface area contributed by atoms with Gasteiger partial charge >= 0.3 is 11.9 Å². The Hall–Kier alpha value is -2.62. The summed E-state index contributed by atoms with van der Waals surface area (Å²) in [7, 11) is -1.92. The van der Waals surface area contributed by atoms with Gasteiger partial charge in [-0.2, -0.15) is 4.98 Å². The van der Waals surface area contributed by atoms with E-state index in [1.54, 1.807) is 0 Å². The number of carbonyl (C=O) groups is 2. The lowest BCUT2D eigenvalue weighted by atomic mass is 9.84. The lowest BCUT2D eigenvalue weighted by molar-refractivity contribution is -0.137. The fourth-order valence-corrected chi connectivity index (χ4v) is 4.65. The van der Waals surface area contributed by atoms with Crippen LogP contribution >= 0.6 is 0 Å². The van der Waals surface area contributed by atoms with Crippen molar-refractivity contribution in [1.29, 1.82) is 0 Å². The molecule has 0 bridgehead atoms. The third-order valence-corrected chi connectivity index (χ3v) is 6.59. The Morgan fingerprint density at radius 2 is 1.94 bits per heavy atom. The Morgan fingerprint density at radius 3 is 2.61 bits per heavy atom. The molecule has 2 unspecified atom stereocenters. The number of aliphatic carboxylic acids is 1. The molecule has 2 aromatic rings. The fraction of sp³-hybridized carbons (Fsp3) is 0.524. The summed E-state index contributed by atoms with van der Waals surface area (Å²) in [5.74, 6) is -2.33. The van der Waals surface area contributed by atoms with Crippen molar-refractivity contribution in [3.05, 3.63) is 41.8 Å². The Kier molecular flexibility index (Phi) is 8.27. The molecular formula is C21H26FN3O5S. The third-order valence-electron chi connectivity index (χ3n) is 5.52. The summed E-state index contributed by atoms with van der Waals surface area (Å²) in [6.07, 6.45) is 8.53. The lowest BCUT2D eigenvalue weighted by Crippen LogP contribution is -2.26. The topological polar surface area (TPSA) is 122 Å². The van der Waals surface area contributed by atoms with Gasteiger partial charge in [0.2, 0.25) is 5.89 Å². The number of halogens is 1. The van der Waals surface area contributed by atoms with Crippen molar-refractivity contribution in [1.82, 2.24) is 14.9 Å². The first-order valence-electron chi connectivity index (χ1n) is 10.5. The summed E-state index contributed by atoms with van der Waals surface area (Å²) >= 11 is 0. The molecule has 1 fully saturated rings. The lowest BCUT2D eigenvalue weighted by Gasteiger charge is -2.21. The van der Waals surface area contributed by atoms with Crippen LogP contribution in [0.3, 0.4) is 0 Å². The van der Waals surface area contributed by atoms with E-state index in [-0.39, 0.29) is 23.0 Å². The van der Waals surface area contributed by atoms with Crippen LogP contribution in [0, 0.1) is 11.7 Å². The first-order valence-corrected chi connectivity index (χ1v) is 11.6. The summed E-state index contributed by atoms with van der Waals surface area (Å²) in [5, 5.41) is 12.9. The predicted molar refractivity (Wildman–Crippen MR) is 110 cm³/mol. The molecule has 1 aromatic heterocycles. The van der Waals surface area contributed by atoms with Crippen molar-refractivity contribution in [3.63, 3.8) is 0 Å². The normalized spacial score (nSPS) is 16.5. The molecule has 1 amide bonds. The molecule has 1 aliphatic rings. The largest absolute Gasteiger partial charge is 0.481 e. The number of carboxylic acids is 1. The molecule has 8 nitrogen and oxygen atoms in total. The first kappa shape index (κ1) is 23.1. The van der Waals surface area contributed by atoms with E-state index < -0.39 is 34.6 Å². The zero-order chi connectivity index (χ0) is 22.2. The minimum absolute atomic E-state index is 0.0868. The number of carbonyl (C=O) groups excluding carboxylic acids is 1. The smallest absolute Gasteiger partial charge is 0.304 e. The van der Waals surface area contributed by atoms with Crippen molar-refractivity contribution >= 4 is 22.9 Å². The standard InChI is InChI=1S/C21H26FN3O5S/c22-16-9-11-17(12-10-16)31(29)25-20(28)19-23-21(30-24-19)15(13-18(26)27)8-4-7-14-5-2-1-3-6-14/h9-12,14-15H,1-8,13H2,(H,25,28)(H,26,27). The number of carboxylic acid groups (broad SMARTS) is 1. The number of amides is 1. The van der Waals surface area contributed by atoms with Crippen molar-refractivity contribution < 1.29 is 27.8 Å². The second-order valence-electron chi connectivity index (χ2n) is 7.84. The van der Waals surface area contributed by atoms with Gasteiger partial charge in [-0.1, -0.05) is 50.1 Å².